The third kappa shape index (κ3) is 4.31. The van der Waals surface area contributed by atoms with Crippen LogP contribution < -0.4 is 5.32 Å². The molecule has 27 heavy (non-hydrogen) atoms. The Bertz CT molecular complexity index is 1000. The molecule has 0 radical (unpaired) electrons. The van der Waals surface area contributed by atoms with Gasteiger partial charge in [0, 0.05) is 16.6 Å². The lowest BCUT2D eigenvalue weighted by molar-refractivity contribution is -0.124. The summed E-state index contributed by atoms with van der Waals surface area (Å²) in [5, 5.41) is 2.97. The summed E-state index contributed by atoms with van der Waals surface area (Å²) < 4.78 is 33.1. The minimum absolute atomic E-state index is 0.227. The fourth-order valence-corrected chi connectivity index (χ4v) is 3.85. The number of aryl methyl sites for hydroxylation is 1. The number of hydrogen-bond acceptors (Lipinski definition) is 4. The number of rotatable bonds is 6. The van der Waals surface area contributed by atoms with Crippen LogP contribution in [-0.4, -0.2) is 25.0 Å². The molecule has 2 aromatic carbocycles. The molecule has 1 N–H and O–H groups in total. The van der Waals surface area contributed by atoms with Crippen LogP contribution in [0, 0.1) is 18.6 Å². The molecule has 1 aromatic heterocycles. The van der Waals surface area contributed by atoms with Crippen molar-refractivity contribution in [2.45, 2.75) is 13.3 Å². The molecule has 0 aliphatic carbocycles. The van der Waals surface area contributed by atoms with Gasteiger partial charge in [-0.2, -0.15) is 0 Å². The molecule has 1 amide bonds. The first kappa shape index (κ1) is 19.0. The van der Waals surface area contributed by atoms with Gasteiger partial charge in [-0.3, -0.25) is 4.79 Å². The average molecular weight is 389 g/mol. The van der Waals surface area contributed by atoms with Crippen LogP contribution in [0.4, 0.5) is 8.78 Å². The monoisotopic (exact) mass is 389 g/mol. The molecule has 0 aliphatic rings. The second-order valence-electron chi connectivity index (χ2n) is 5.94. The number of thiophene rings is 1. The first-order chi connectivity index (χ1) is 13.0. The third-order valence-electron chi connectivity index (χ3n) is 4.10. The summed E-state index contributed by atoms with van der Waals surface area (Å²) in [6.45, 7) is 1.42. The van der Waals surface area contributed by atoms with Gasteiger partial charge in [0.25, 0.3) is 5.91 Å². The Morgan fingerprint density at radius 3 is 2.56 bits per heavy atom. The van der Waals surface area contributed by atoms with Crippen molar-refractivity contribution >= 4 is 33.3 Å². The number of benzene rings is 2. The minimum atomic E-state index is -0.669. The molecule has 0 aliphatic heterocycles. The van der Waals surface area contributed by atoms with Gasteiger partial charge in [0.15, 0.2) is 6.61 Å². The molecule has 0 saturated carbocycles. The van der Waals surface area contributed by atoms with Gasteiger partial charge in [0.2, 0.25) is 0 Å². The Morgan fingerprint density at radius 2 is 1.81 bits per heavy atom. The molecule has 3 rings (SSSR count). The lowest BCUT2D eigenvalue weighted by atomic mass is 10.1. The zero-order chi connectivity index (χ0) is 19.4. The number of carbonyl (C=O) groups excluding carboxylic acids is 2. The molecule has 0 atom stereocenters. The maximum Gasteiger partial charge on any atom is 0.349 e. The summed E-state index contributed by atoms with van der Waals surface area (Å²) >= 11 is 1.13. The number of halogens is 2. The predicted molar refractivity (Wildman–Crippen MR) is 99.9 cm³/mol. The summed E-state index contributed by atoms with van der Waals surface area (Å²) in [6, 6.07) is 10.9. The van der Waals surface area contributed by atoms with E-state index in [1.807, 2.05) is 0 Å². The van der Waals surface area contributed by atoms with Crippen LogP contribution in [0.1, 0.15) is 20.8 Å². The van der Waals surface area contributed by atoms with Crippen molar-refractivity contribution < 1.29 is 23.1 Å². The summed E-state index contributed by atoms with van der Waals surface area (Å²) in [4.78, 5) is 24.3. The quantitative estimate of drug-likeness (QED) is 0.649. The molecule has 140 valence electrons. The number of amides is 1. The van der Waals surface area contributed by atoms with Crippen molar-refractivity contribution in [2.75, 3.05) is 13.2 Å². The van der Waals surface area contributed by atoms with Crippen LogP contribution in [0.2, 0.25) is 0 Å². The molecule has 4 nitrogen and oxygen atoms in total. The molecule has 0 fully saturated rings. The molecule has 0 bridgehead atoms. The van der Waals surface area contributed by atoms with Crippen molar-refractivity contribution in [3.05, 3.63) is 70.1 Å². The molecule has 1 heterocycles. The Morgan fingerprint density at radius 1 is 1.07 bits per heavy atom. The van der Waals surface area contributed by atoms with E-state index in [9.17, 15) is 18.4 Å². The molecule has 7 heteroatoms. The van der Waals surface area contributed by atoms with Crippen molar-refractivity contribution in [1.82, 2.24) is 5.32 Å². The van der Waals surface area contributed by atoms with Crippen LogP contribution in [0.25, 0.3) is 10.1 Å². The van der Waals surface area contributed by atoms with Gasteiger partial charge in [-0.15, -0.1) is 11.3 Å². The molecular formula is C20H17F2NO3S. The van der Waals surface area contributed by atoms with E-state index < -0.39 is 24.3 Å². The van der Waals surface area contributed by atoms with E-state index in [2.05, 4.69) is 5.32 Å². The number of hydrogen-bond donors (Lipinski definition) is 1. The summed E-state index contributed by atoms with van der Waals surface area (Å²) in [7, 11) is 0. The number of carbonyl (C=O) groups is 2. The van der Waals surface area contributed by atoms with E-state index in [4.69, 9.17) is 4.74 Å². The number of nitrogens with one attached hydrogen (secondary N) is 1. The highest BCUT2D eigenvalue weighted by atomic mass is 32.1. The van der Waals surface area contributed by atoms with Crippen LogP contribution in [-0.2, 0) is 16.0 Å². The highest BCUT2D eigenvalue weighted by Crippen LogP contribution is 2.32. The first-order valence-corrected chi connectivity index (χ1v) is 9.14. The van der Waals surface area contributed by atoms with Crippen LogP contribution >= 0.6 is 11.3 Å². The number of ether oxygens (including phenoxy) is 1. The predicted octanol–water partition coefficient (Wildman–Crippen LogP) is 4.00. The molecule has 3 aromatic rings. The molecular weight excluding hydrogens is 372 g/mol. The van der Waals surface area contributed by atoms with Gasteiger partial charge < -0.3 is 10.1 Å². The fraction of sp³-hybridized carbons (Fsp3) is 0.200. The molecule has 0 unspecified atom stereocenters. The largest absolute Gasteiger partial charge is 0.451 e. The standard InChI is InChI=1S/C20H17F2NO3S/c1-12-18-15(22)7-4-8-16(18)27-19(12)20(25)26-11-17(24)23-10-9-13-5-2-3-6-14(13)21/h2-8H,9-11H2,1H3,(H,23,24). The van der Waals surface area contributed by atoms with Crippen LogP contribution in [0.3, 0.4) is 0 Å². The van der Waals surface area contributed by atoms with Gasteiger partial charge in [-0.25, -0.2) is 13.6 Å². The summed E-state index contributed by atoms with van der Waals surface area (Å²) in [6.07, 6.45) is 0.334. The smallest absolute Gasteiger partial charge is 0.349 e. The Balaban J connectivity index is 1.53. The van der Waals surface area contributed by atoms with E-state index in [0.717, 1.165) is 11.3 Å². The maximum absolute atomic E-state index is 13.9. The first-order valence-electron chi connectivity index (χ1n) is 8.32. The van der Waals surface area contributed by atoms with Gasteiger partial charge in [0.1, 0.15) is 16.5 Å². The van der Waals surface area contributed by atoms with E-state index >= 15 is 0 Å². The Hall–Kier alpha value is -2.80. The molecule has 0 spiro atoms. The fourth-order valence-electron chi connectivity index (χ4n) is 2.73. The number of fused-ring (bicyclic) bond motifs is 1. The van der Waals surface area contributed by atoms with Gasteiger partial charge in [-0.1, -0.05) is 24.3 Å². The van der Waals surface area contributed by atoms with Crippen LogP contribution in [0.15, 0.2) is 42.5 Å². The Kier molecular flexibility index (Phi) is 5.81. The Labute approximate surface area is 158 Å². The second kappa shape index (κ2) is 8.26. The van der Waals surface area contributed by atoms with Gasteiger partial charge in [-0.05, 0) is 42.7 Å². The van der Waals surface area contributed by atoms with Crippen LogP contribution in [0.5, 0.6) is 0 Å². The summed E-state index contributed by atoms with van der Waals surface area (Å²) in [5.41, 5.74) is 0.996. The van der Waals surface area contributed by atoms with Crippen molar-refractivity contribution in [3.63, 3.8) is 0 Å². The van der Waals surface area contributed by atoms with E-state index in [0.29, 0.717) is 27.6 Å². The lowest BCUT2D eigenvalue weighted by Gasteiger charge is -2.07. The second-order valence-corrected chi connectivity index (χ2v) is 6.99. The third-order valence-corrected chi connectivity index (χ3v) is 5.33. The average Bonchev–Trinajstić information content (AvgIpc) is 2.99. The zero-order valence-electron chi connectivity index (χ0n) is 14.6. The summed E-state index contributed by atoms with van der Waals surface area (Å²) in [5.74, 6) is -1.88. The van der Waals surface area contributed by atoms with Gasteiger partial charge in [0.05, 0.1) is 0 Å². The van der Waals surface area contributed by atoms with Gasteiger partial charge >= 0.3 is 5.97 Å². The van der Waals surface area contributed by atoms with Crippen molar-refractivity contribution in [3.8, 4) is 0 Å². The minimum Gasteiger partial charge on any atom is -0.451 e. The topological polar surface area (TPSA) is 55.4 Å². The van der Waals surface area contributed by atoms with E-state index in [1.54, 1.807) is 37.3 Å². The van der Waals surface area contributed by atoms with Crippen molar-refractivity contribution in [1.29, 1.82) is 0 Å². The van der Waals surface area contributed by atoms with Crippen molar-refractivity contribution in [2.24, 2.45) is 0 Å². The highest BCUT2D eigenvalue weighted by molar-refractivity contribution is 7.21. The number of esters is 1. The molecule has 0 saturated heterocycles. The van der Waals surface area contributed by atoms with E-state index in [1.165, 1.54) is 12.1 Å². The zero-order valence-corrected chi connectivity index (χ0v) is 15.4. The lowest BCUT2D eigenvalue weighted by Crippen LogP contribution is -2.30. The highest BCUT2D eigenvalue weighted by Gasteiger charge is 2.19. The van der Waals surface area contributed by atoms with E-state index in [-0.39, 0.29) is 17.2 Å². The maximum atomic E-state index is 13.9. The SMILES string of the molecule is Cc1c(C(=O)OCC(=O)NCCc2ccccc2F)sc2cccc(F)c12. The normalized spacial score (nSPS) is 10.8.